The third kappa shape index (κ3) is 2.14. The van der Waals surface area contributed by atoms with Crippen molar-refractivity contribution >= 4 is 9.84 Å². The number of fused-ring (bicyclic) bond motifs is 2. The lowest BCUT2D eigenvalue weighted by molar-refractivity contribution is 0.166. The average molecular weight is 245 g/mol. The molecule has 0 aliphatic heterocycles. The molecule has 0 aromatic rings. The van der Waals surface area contributed by atoms with Gasteiger partial charge in [-0.1, -0.05) is 13.3 Å². The van der Waals surface area contributed by atoms with E-state index < -0.39 is 9.84 Å². The summed E-state index contributed by atoms with van der Waals surface area (Å²) in [5.41, 5.74) is 6.09. The maximum atomic E-state index is 11.6. The van der Waals surface area contributed by atoms with Crippen LogP contribution in [-0.4, -0.2) is 26.5 Å². The Balaban J connectivity index is 2.02. The van der Waals surface area contributed by atoms with Crippen LogP contribution >= 0.6 is 0 Å². The van der Waals surface area contributed by atoms with Crippen molar-refractivity contribution in [3.63, 3.8) is 0 Å². The first-order chi connectivity index (χ1) is 7.51. The lowest BCUT2D eigenvalue weighted by atomic mass is 9.71. The van der Waals surface area contributed by atoms with Gasteiger partial charge < -0.3 is 5.73 Å². The summed E-state index contributed by atoms with van der Waals surface area (Å²) in [5.74, 6) is 2.14. The van der Waals surface area contributed by atoms with Gasteiger partial charge in [-0.25, -0.2) is 8.42 Å². The Morgan fingerprint density at radius 2 is 2.12 bits per heavy atom. The van der Waals surface area contributed by atoms with Gasteiger partial charge in [0.2, 0.25) is 0 Å². The molecule has 0 aromatic carbocycles. The maximum absolute atomic E-state index is 11.6. The van der Waals surface area contributed by atoms with Crippen LogP contribution in [0.15, 0.2) is 0 Å². The molecule has 2 fully saturated rings. The molecule has 0 spiro atoms. The summed E-state index contributed by atoms with van der Waals surface area (Å²) in [6.07, 6.45) is 5.87. The molecular weight excluding hydrogens is 222 g/mol. The molecule has 2 N–H and O–H groups in total. The molecule has 2 aliphatic rings. The lowest BCUT2D eigenvalue weighted by Crippen LogP contribution is -2.37. The first kappa shape index (κ1) is 12.4. The predicted molar refractivity (Wildman–Crippen MR) is 65.9 cm³/mol. The summed E-state index contributed by atoms with van der Waals surface area (Å²) in [6, 6.07) is 0. The van der Waals surface area contributed by atoms with Crippen LogP contribution in [0.1, 0.15) is 39.0 Å². The van der Waals surface area contributed by atoms with Crippen molar-refractivity contribution in [1.29, 1.82) is 0 Å². The minimum atomic E-state index is -2.83. The molecule has 3 unspecified atom stereocenters. The largest absolute Gasteiger partial charge is 0.330 e. The van der Waals surface area contributed by atoms with Gasteiger partial charge in [0.1, 0.15) is 9.84 Å². The Morgan fingerprint density at radius 3 is 2.56 bits per heavy atom. The number of hydrogen-bond acceptors (Lipinski definition) is 3. The highest BCUT2D eigenvalue weighted by Crippen LogP contribution is 2.57. The number of hydrogen-bond donors (Lipinski definition) is 1. The zero-order chi connectivity index (χ0) is 11.8. The van der Waals surface area contributed by atoms with Gasteiger partial charge in [0, 0.05) is 5.75 Å². The summed E-state index contributed by atoms with van der Waals surface area (Å²) >= 11 is 0. The maximum Gasteiger partial charge on any atom is 0.150 e. The standard InChI is InChI=1S/C12H23NO2S/c1-2-16(14,15)6-5-12(9-13)8-10-3-4-11(12)7-10/h10-11H,2-9,13H2,1H3. The van der Waals surface area contributed by atoms with Crippen molar-refractivity contribution in [2.45, 2.75) is 39.0 Å². The molecule has 2 aliphatic carbocycles. The number of sulfone groups is 1. The highest BCUT2D eigenvalue weighted by molar-refractivity contribution is 7.91. The van der Waals surface area contributed by atoms with Crippen molar-refractivity contribution in [1.82, 2.24) is 0 Å². The van der Waals surface area contributed by atoms with Gasteiger partial charge in [0.15, 0.2) is 0 Å². The first-order valence-corrected chi connectivity index (χ1v) is 8.24. The van der Waals surface area contributed by atoms with Crippen molar-refractivity contribution in [2.75, 3.05) is 18.1 Å². The Hall–Kier alpha value is -0.0900. The molecule has 0 saturated heterocycles. The van der Waals surface area contributed by atoms with E-state index in [-0.39, 0.29) is 11.2 Å². The van der Waals surface area contributed by atoms with E-state index in [2.05, 4.69) is 0 Å². The second kappa shape index (κ2) is 4.30. The summed E-state index contributed by atoms with van der Waals surface area (Å²) in [4.78, 5) is 0. The van der Waals surface area contributed by atoms with Crippen molar-refractivity contribution in [3.8, 4) is 0 Å². The molecule has 2 bridgehead atoms. The molecule has 0 heterocycles. The Labute approximate surface area is 98.7 Å². The monoisotopic (exact) mass is 245 g/mol. The van der Waals surface area contributed by atoms with Crippen molar-refractivity contribution in [2.24, 2.45) is 23.0 Å². The quantitative estimate of drug-likeness (QED) is 0.800. The zero-order valence-corrected chi connectivity index (χ0v) is 10.9. The van der Waals surface area contributed by atoms with E-state index in [0.29, 0.717) is 18.2 Å². The van der Waals surface area contributed by atoms with Gasteiger partial charge >= 0.3 is 0 Å². The third-order valence-corrected chi connectivity index (χ3v) is 6.57. The summed E-state index contributed by atoms with van der Waals surface area (Å²) in [6.45, 7) is 2.40. The van der Waals surface area contributed by atoms with Crippen LogP contribution in [-0.2, 0) is 9.84 Å². The van der Waals surface area contributed by atoms with Crippen molar-refractivity contribution < 1.29 is 8.42 Å². The van der Waals surface area contributed by atoms with E-state index in [1.165, 1.54) is 25.7 Å². The Kier molecular flexibility index (Phi) is 3.32. The average Bonchev–Trinajstić information content (AvgIpc) is 2.87. The second-order valence-corrected chi connectivity index (χ2v) is 8.11. The van der Waals surface area contributed by atoms with E-state index in [1.54, 1.807) is 6.92 Å². The fourth-order valence-corrected chi connectivity index (χ4v) is 4.73. The minimum absolute atomic E-state index is 0.158. The van der Waals surface area contributed by atoms with E-state index >= 15 is 0 Å². The lowest BCUT2D eigenvalue weighted by Gasteiger charge is -2.36. The second-order valence-electron chi connectivity index (χ2n) is 5.63. The fraction of sp³-hybridized carbons (Fsp3) is 1.00. The molecule has 0 radical (unpaired) electrons. The Morgan fingerprint density at radius 1 is 1.38 bits per heavy atom. The minimum Gasteiger partial charge on any atom is -0.330 e. The van der Waals surface area contributed by atoms with E-state index in [1.807, 2.05) is 0 Å². The van der Waals surface area contributed by atoms with Gasteiger partial charge in [0.05, 0.1) is 5.75 Å². The molecule has 2 saturated carbocycles. The van der Waals surface area contributed by atoms with Crippen LogP contribution in [0.5, 0.6) is 0 Å². The van der Waals surface area contributed by atoms with Gasteiger partial charge in [-0.3, -0.25) is 0 Å². The predicted octanol–water partition coefficient (Wildman–Crippen LogP) is 1.58. The normalized spacial score (nSPS) is 38.1. The van der Waals surface area contributed by atoms with E-state index in [4.69, 9.17) is 5.73 Å². The topological polar surface area (TPSA) is 60.2 Å². The Bertz CT molecular complexity index is 352. The van der Waals surface area contributed by atoms with Gasteiger partial charge in [-0.05, 0) is 49.5 Å². The van der Waals surface area contributed by atoms with E-state index in [0.717, 1.165) is 12.3 Å². The van der Waals surface area contributed by atoms with Crippen LogP contribution in [0.3, 0.4) is 0 Å². The third-order valence-electron chi connectivity index (χ3n) is 4.86. The molecule has 3 atom stereocenters. The molecule has 4 heteroatoms. The smallest absolute Gasteiger partial charge is 0.150 e. The SMILES string of the molecule is CCS(=O)(=O)CCC1(CN)CC2CCC1C2. The molecule has 0 aromatic heterocycles. The van der Waals surface area contributed by atoms with Crippen molar-refractivity contribution in [3.05, 3.63) is 0 Å². The first-order valence-electron chi connectivity index (χ1n) is 6.42. The van der Waals surface area contributed by atoms with Crippen LogP contribution in [0.2, 0.25) is 0 Å². The van der Waals surface area contributed by atoms with Gasteiger partial charge in [-0.15, -0.1) is 0 Å². The fourth-order valence-electron chi connectivity index (χ4n) is 3.72. The van der Waals surface area contributed by atoms with Gasteiger partial charge in [0.25, 0.3) is 0 Å². The van der Waals surface area contributed by atoms with Crippen LogP contribution in [0.4, 0.5) is 0 Å². The molecule has 94 valence electrons. The molecule has 2 rings (SSSR count). The van der Waals surface area contributed by atoms with E-state index in [9.17, 15) is 8.42 Å². The molecule has 16 heavy (non-hydrogen) atoms. The summed E-state index contributed by atoms with van der Waals surface area (Å²) < 4.78 is 23.2. The van der Waals surface area contributed by atoms with Crippen LogP contribution in [0, 0.1) is 17.3 Å². The van der Waals surface area contributed by atoms with Crippen LogP contribution < -0.4 is 5.73 Å². The highest BCUT2D eigenvalue weighted by Gasteiger charge is 2.49. The number of nitrogens with two attached hydrogens (primary N) is 1. The zero-order valence-electron chi connectivity index (χ0n) is 10.1. The number of rotatable bonds is 5. The molecule has 0 amide bonds. The molecule has 3 nitrogen and oxygen atoms in total. The summed E-state index contributed by atoms with van der Waals surface area (Å²) in [7, 11) is -2.83. The van der Waals surface area contributed by atoms with Gasteiger partial charge in [-0.2, -0.15) is 0 Å². The summed E-state index contributed by atoms with van der Waals surface area (Å²) in [5, 5.41) is 0. The van der Waals surface area contributed by atoms with Crippen LogP contribution in [0.25, 0.3) is 0 Å². The highest BCUT2D eigenvalue weighted by atomic mass is 32.2. The molecular formula is C12H23NO2S.